The standard InChI is InChI=1S/C16H18FNO/c1-11-9-13(17)7-8-14(11)16(18)15(19)10-12-5-3-2-4-6-12/h2-9,15-16,19H,10,18H2,1H3/t15-,16+/m1/s1. The molecule has 2 aromatic rings. The molecule has 0 heterocycles. The Balaban J connectivity index is 2.12. The third kappa shape index (κ3) is 3.40. The van der Waals surface area contributed by atoms with Crippen molar-refractivity contribution in [2.45, 2.75) is 25.5 Å². The Morgan fingerprint density at radius 2 is 1.84 bits per heavy atom. The molecule has 0 aliphatic heterocycles. The largest absolute Gasteiger partial charge is 0.391 e. The maximum atomic E-state index is 13.1. The minimum atomic E-state index is -0.688. The Morgan fingerprint density at radius 1 is 1.16 bits per heavy atom. The van der Waals surface area contributed by atoms with Crippen LogP contribution in [0, 0.1) is 12.7 Å². The fourth-order valence-electron chi connectivity index (χ4n) is 2.20. The highest BCUT2D eigenvalue weighted by Crippen LogP contribution is 2.21. The molecule has 0 saturated carbocycles. The molecule has 0 aromatic heterocycles. The summed E-state index contributed by atoms with van der Waals surface area (Å²) in [5, 5.41) is 10.2. The SMILES string of the molecule is Cc1cc(F)ccc1[C@H](N)[C@H](O)Cc1ccccc1. The second-order valence-electron chi connectivity index (χ2n) is 4.78. The molecule has 0 saturated heterocycles. The Morgan fingerprint density at radius 3 is 2.47 bits per heavy atom. The van der Waals surface area contributed by atoms with Gasteiger partial charge in [-0.3, -0.25) is 0 Å². The highest BCUT2D eigenvalue weighted by Gasteiger charge is 2.19. The smallest absolute Gasteiger partial charge is 0.123 e. The van der Waals surface area contributed by atoms with Crippen molar-refractivity contribution in [3.05, 3.63) is 71.0 Å². The number of hydrogen-bond acceptors (Lipinski definition) is 2. The molecule has 0 radical (unpaired) electrons. The Labute approximate surface area is 112 Å². The molecule has 2 aromatic carbocycles. The molecule has 0 aliphatic carbocycles. The number of nitrogens with two attached hydrogens (primary N) is 1. The highest BCUT2D eigenvalue weighted by molar-refractivity contribution is 5.30. The summed E-state index contributed by atoms with van der Waals surface area (Å²) in [6.07, 6.45) is -0.203. The Hall–Kier alpha value is -1.71. The summed E-state index contributed by atoms with van der Waals surface area (Å²) in [6, 6.07) is 13.6. The predicted molar refractivity (Wildman–Crippen MR) is 74.2 cm³/mol. The van der Waals surface area contributed by atoms with E-state index >= 15 is 0 Å². The van der Waals surface area contributed by atoms with Crippen LogP contribution in [0.15, 0.2) is 48.5 Å². The molecule has 100 valence electrons. The molecular formula is C16H18FNO. The molecule has 0 amide bonds. The number of halogens is 1. The van der Waals surface area contributed by atoms with Gasteiger partial charge in [-0.2, -0.15) is 0 Å². The lowest BCUT2D eigenvalue weighted by Crippen LogP contribution is -2.28. The van der Waals surface area contributed by atoms with E-state index in [2.05, 4.69) is 0 Å². The number of aliphatic hydroxyl groups is 1. The zero-order chi connectivity index (χ0) is 13.8. The summed E-state index contributed by atoms with van der Waals surface area (Å²) < 4.78 is 13.1. The lowest BCUT2D eigenvalue weighted by atomic mass is 9.94. The average Bonchev–Trinajstić information content (AvgIpc) is 2.39. The van der Waals surface area contributed by atoms with Crippen molar-refractivity contribution in [2.24, 2.45) is 5.73 Å². The van der Waals surface area contributed by atoms with Gasteiger partial charge in [-0.1, -0.05) is 36.4 Å². The summed E-state index contributed by atoms with van der Waals surface area (Å²) in [5.41, 5.74) is 8.64. The Bertz CT molecular complexity index is 542. The van der Waals surface area contributed by atoms with Gasteiger partial charge in [-0.25, -0.2) is 4.39 Å². The molecule has 0 aliphatic rings. The van der Waals surface area contributed by atoms with Crippen LogP contribution in [0.3, 0.4) is 0 Å². The van der Waals surface area contributed by atoms with Crippen LogP contribution in [0.4, 0.5) is 4.39 Å². The van der Waals surface area contributed by atoms with Crippen molar-refractivity contribution >= 4 is 0 Å². The first-order valence-corrected chi connectivity index (χ1v) is 6.31. The minimum Gasteiger partial charge on any atom is -0.391 e. The number of aryl methyl sites for hydroxylation is 1. The van der Waals surface area contributed by atoms with Gasteiger partial charge in [0, 0.05) is 6.42 Å². The molecule has 3 N–H and O–H groups in total. The molecule has 2 nitrogen and oxygen atoms in total. The van der Waals surface area contributed by atoms with Crippen molar-refractivity contribution in [3.63, 3.8) is 0 Å². The molecule has 0 fully saturated rings. The monoisotopic (exact) mass is 259 g/mol. The first-order valence-electron chi connectivity index (χ1n) is 6.31. The molecule has 19 heavy (non-hydrogen) atoms. The van der Waals surface area contributed by atoms with E-state index in [1.54, 1.807) is 13.0 Å². The molecular weight excluding hydrogens is 241 g/mol. The quantitative estimate of drug-likeness (QED) is 0.887. The maximum Gasteiger partial charge on any atom is 0.123 e. The van der Waals surface area contributed by atoms with E-state index in [1.807, 2.05) is 30.3 Å². The minimum absolute atomic E-state index is 0.286. The van der Waals surface area contributed by atoms with E-state index in [9.17, 15) is 9.50 Å². The fourth-order valence-corrected chi connectivity index (χ4v) is 2.20. The summed E-state index contributed by atoms with van der Waals surface area (Å²) in [5.74, 6) is -0.286. The fraction of sp³-hybridized carbons (Fsp3) is 0.250. The molecule has 2 rings (SSSR count). The van der Waals surface area contributed by atoms with Crippen LogP contribution in [0.25, 0.3) is 0 Å². The second-order valence-corrected chi connectivity index (χ2v) is 4.78. The van der Waals surface area contributed by atoms with Gasteiger partial charge in [-0.15, -0.1) is 0 Å². The molecule has 0 bridgehead atoms. The van der Waals surface area contributed by atoms with Gasteiger partial charge in [0.05, 0.1) is 12.1 Å². The third-order valence-corrected chi connectivity index (χ3v) is 3.29. The third-order valence-electron chi connectivity index (χ3n) is 3.29. The summed E-state index contributed by atoms with van der Waals surface area (Å²) in [4.78, 5) is 0. The van der Waals surface area contributed by atoms with Crippen LogP contribution < -0.4 is 5.73 Å². The van der Waals surface area contributed by atoms with E-state index in [-0.39, 0.29) is 5.82 Å². The zero-order valence-corrected chi connectivity index (χ0v) is 10.9. The molecule has 0 spiro atoms. The van der Waals surface area contributed by atoms with Crippen LogP contribution in [0.2, 0.25) is 0 Å². The topological polar surface area (TPSA) is 46.2 Å². The lowest BCUT2D eigenvalue weighted by Gasteiger charge is -2.21. The van der Waals surface area contributed by atoms with Crippen LogP contribution in [-0.4, -0.2) is 11.2 Å². The number of rotatable bonds is 4. The number of hydrogen-bond donors (Lipinski definition) is 2. The zero-order valence-electron chi connectivity index (χ0n) is 10.9. The average molecular weight is 259 g/mol. The molecule has 3 heteroatoms. The van der Waals surface area contributed by atoms with Gasteiger partial charge in [0.15, 0.2) is 0 Å². The first kappa shape index (κ1) is 13.7. The molecule has 2 atom stereocenters. The van der Waals surface area contributed by atoms with Gasteiger partial charge in [0.1, 0.15) is 5.82 Å². The van der Waals surface area contributed by atoms with E-state index < -0.39 is 12.1 Å². The number of aliphatic hydroxyl groups excluding tert-OH is 1. The van der Waals surface area contributed by atoms with Crippen molar-refractivity contribution in [2.75, 3.05) is 0 Å². The van der Waals surface area contributed by atoms with Gasteiger partial charge in [0.25, 0.3) is 0 Å². The number of benzene rings is 2. The van der Waals surface area contributed by atoms with Crippen LogP contribution in [0.5, 0.6) is 0 Å². The van der Waals surface area contributed by atoms with Crippen LogP contribution in [0.1, 0.15) is 22.7 Å². The van der Waals surface area contributed by atoms with Crippen molar-refractivity contribution < 1.29 is 9.50 Å². The van der Waals surface area contributed by atoms with E-state index in [1.165, 1.54) is 12.1 Å². The Kier molecular flexibility index (Phi) is 4.30. The summed E-state index contributed by atoms with van der Waals surface area (Å²) >= 11 is 0. The highest BCUT2D eigenvalue weighted by atomic mass is 19.1. The van der Waals surface area contributed by atoms with Gasteiger partial charge in [0.2, 0.25) is 0 Å². The van der Waals surface area contributed by atoms with Gasteiger partial charge >= 0.3 is 0 Å². The van der Waals surface area contributed by atoms with E-state index in [4.69, 9.17) is 5.73 Å². The lowest BCUT2D eigenvalue weighted by molar-refractivity contribution is 0.145. The molecule has 0 unspecified atom stereocenters. The van der Waals surface area contributed by atoms with Crippen molar-refractivity contribution in [1.29, 1.82) is 0 Å². The first-order chi connectivity index (χ1) is 9.08. The summed E-state index contributed by atoms with van der Waals surface area (Å²) in [6.45, 7) is 1.80. The summed E-state index contributed by atoms with van der Waals surface area (Å²) in [7, 11) is 0. The second kappa shape index (κ2) is 5.95. The van der Waals surface area contributed by atoms with E-state index in [0.717, 1.165) is 16.7 Å². The van der Waals surface area contributed by atoms with Crippen molar-refractivity contribution in [3.8, 4) is 0 Å². The normalized spacial score (nSPS) is 14.1. The predicted octanol–water partition coefficient (Wildman–Crippen LogP) is 2.74. The van der Waals surface area contributed by atoms with Crippen LogP contribution >= 0.6 is 0 Å². The van der Waals surface area contributed by atoms with Crippen LogP contribution in [-0.2, 0) is 6.42 Å². The maximum absolute atomic E-state index is 13.1. The van der Waals surface area contributed by atoms with Gasteiger partial charge < -0.3 is 10.8 Å². The van der Waals surface area contributed by atoms with Crippen molar-refractivity contribution in [1.82, 2.24) is 0 Å². The van der Waals surface area contributed by atoms with E-state index in [0.29, 0.717) is 6.42 Å². The van der Waals surface area contributed by atoms with Gasteiger partial charge in [-0.05, 0) is 35.7 Å².